The number of nitrogens with one attached hydrogen (secondary N) is 1. The van der Waals surface area contributed by atoms with Crippen molar-refractivity contribution in [1.29, 1.82) is 0 Å². The molecule has 1 N–H and O–H groups in total. The molecule has 1 aliphatic rings. The number of hydrogen-bond donors (Lipinski definition) is 1. The largest absolute Gasteiger partial charge is 0.381 e. The molecule has 0 saturated carbocycles. The van der Waals surface area contributed by atoms with E-state index in [1.807, 2.05) is 0 Å². The Kier molecular flexibility index (Phi) is 5.03. The summed E-state index contributed by atoms with van der Waals surface area (Å²) in [6.45, 7) is 2.25. The number of amides is 1. The molecule has 18 heavy (non-hydrogen) atoms. The average Bonchev–Trinajstić information content (AvgIpc) is 2.40. The Balaban J connectivity index is 1.88. The first kappa shape index (κ1) is 13.8. The van der Waals surface area contributed by atoms with Gasteiger partial charge in [0.1, 0.15) is 0 Å². The molecule has 0 bridgehead atoms. The Hall–Kier alpha value is -0.580. The van der Waals surface area contributed by atoms with Crippen LogP contribution in [0.15, 0.2) is 22.7 Å². The summed E-state index contributed by atoms with van der Waals surface area (Å²) in [5, 5.41) is 3.54. The van der Waals surface area contributed by atoms with Gasteiger partial charge < -0.3 is 10.1 Å². The van der Waals surface area contributed by atoms with E-state index in [2.05, 4.69) is 21.2 Å². The molecule has 1 aliphatic heterocycles. The minimum Gasteiger partial charge on any atom is -0.381 e. The second-order valence-electron chi connectivity index (χ2n) is 4.42. The van der Waals surface area contributed by atoms with Crippen molar-refractivity contribution >= 4 is 33.4 Å². The Labute approximate surface area is 120 Å². The smallest absolute Gasteiger partial charge is 0.251 e. The fraction of sp³-hybridized carbons (Fsp3) is 0.462. The topological polar surface area (TPSA) is 38.3 Å². The van der Waals surface area contributed by atoms with Crippen LogP contribution in [0.5, 0.6) is 0 Å². The van der Waals surface area contributed by atoms with Crippen molar-refractivity contribution in [3.63, 3.8) is 0 Å². The summed E-state index contributed by atoms with van der Waals surface area (Å²) in [6, 6.07) is 5.17. The van der Waals surface area contributed by atoms with Crippen molar-refractivity contribution in [1.82, 2.24) is 5.32 Å². The third-order valence-corrected chi connectivity index (χ3v) is 4.20. The highest BCUT2D eigenvalue weighted by molar-refractivity contribution is 9.10. The SMILES string of the molecule is O=C(NCC1CCCOC1)c1ccc(Cl)c(Br)c1. The first-order valence-electron chi connectivity index (χ1n) is 5.98. The first-order chi connectivity index (χ1) is 8.66. The van der Waals surface area contributed by atoms with Crippen molar-refractivity contribution in [3.05, 3.63) is 33.3 Å². The summed E-state index contributed by atoms with van der Waals surface area (Å²) in [5.41, 5.74) is 0.614. The quantitative estimate of drug-likeness (QED) is 0.922. The predicted molar refractivity (Wildman–Crippen MR) is 75.0 cm³/mol. The molecule has 2 rings (SSSR count). The summed E-state index contributed by atoms with van der Waals surface area (Å²) in [7, 11) is 0. The zero-order chi connectivity index (χ0) is 13.0. The van der Waals surface area contributed by atoms with E-state index in [9.17, 15) is 4.79 Å². The fourth-order valence-corrected chi connectivity index (χ4v) is 2.44. The predicted octanol–water partition coefficient (Wildman–Crippen LogP) is 3.26. The van der Waals surface area contributed by atoms with Gasteiger partial charge in [0.05, 0.1) is 11.6 Å². The molecule has 1 aromatic rings. The molecule has 0 radical (unpaired) electrons. The van der Waals surface area contributed by atoms with Gasteiger partial charge in [-0.15, -0.1) is 0 Å². The van der Waals surface area contributed by atoms with Gasteiger partial charge in [-0.2, -0.15) is 0 Å². The molecule has 0 aromatic heterocycles. The lowest BCUT2D eigenvalue weighted by molar-refractivity contribution is 0.0536. The molecule has 1 saturated heterocycles. The van der Waals surface area contributed by atoms with Gasteiger partial charge in [-0.3, -0.25) is 4.79 Å². The number of ether oxygens (including phenoxy) is 1. The molecule has 1 amide bonds. The monoisotopic (exact) mass is 331 g/mol. The highest BCUT2D eigenvalue weighted by Gasteiger charge is 2.15. The Morgan fingerprint density at radius 2 is 2.39 bits per heavy atom. The molecule has 0 spiro atoms. The summed E-state index contributed by atoms with van der Waals surface area (Å²) in [6.07, 6.45) is 2.19. The number of rotatable bonds is 3. The molecule has 3 nitrogen and oxygen atoms in total. The maximum atomic E-state index is 11.9. The van der Waals surface area contributed by atoms with Crippen LogP contribution < -0.4 is 5.32 Å². The molecule has 1 atom stereocenters. The molecule has 1 aromatic carbocycles. The van der Waals surface area contributed by atoms with Crippen molar-refractivity contribution < 1.29 is 9.53 Å². The number of halogens is 2. The molecule has 1 fully saturated rings. The summed E-state index contributed by atoms with van der Waals surface area (Å²) >= 11 is 9.20. The van der Waals surface area contributed by atoms with Crippen LogP contribution in [-0.2, 0) is 4.74 Å². The second kappa shape index (κ2) is 6.55. The van der Waals surface area contributed by atoms with Crippen LogP contribution in [0.25, 0.3) is 0 Å². The second-order valence-corrected chi connectivity index (χ2v) is 5.68. The highest BCUT2D eigenvalue weighted by atomic mass is 79.9. The van der Waals surface area contributed by atoms with Gasteiger partial charge in [-0.25, -0.2) is 0 Å². The third kappa shape index (κ3) is 3.70. The Morgan fingerprint density at radius 3 is 3.06 bits per heavy atom. The van der Waals surface area contributed by atoms with Crippen molar-refractivity contribution in [3.8, 4) is 0 Å². The van der Waals surface area contributed by atoms with E-state index in [4.69, 9.17) is 16.3 Å². The van der Waals surface area contributed by atoms with E-state index >= 15 is 0 Å². The van der Waals surface area contributed by atoms with Gasteiger partial charge in [-0.05, 0) is 52.9 Å². The van der Waals surface area contributed by atoms with Gasteiger partial charge in [-0.1, -0.05) is 11.6 Å². The van der Waals surface area contributed by atoms with Crippen molar-refractivity contribution in [2.75, 3.05) is 19.8 Å². The van der Waals surface area contributed by atoms with Crippen molar-refractivity contribution in [2.45, 2.75) is 12.8 Å². The van der Waals surface area contributed by atoms with E-state index in [0.717, 1.165) is 30.5 Å². The molecule has 98 valence electrons. The number of benzene rings is 1. The normalized spacial score (nSPS) is 19.6. The molecule has 1 heterocycles. The summed E-state index contributed by atoms with van der Waals surface area (Å²) < 4.78 is 6.11. The zero-order valence-corrected chi connectivity index (χ0v) is 12.3. The van der Waals surface area contributed by atoms with Crippen LogP contribution in [-0.4, -0.2) is 25.7 Å². The lowest BCUT2D eigenvalue weighted by Crippen LogP contribution is -2.33. The number of carbonyl (C=O) groups is 1. The molecule has 0 aliphatic carbocycles. The highest BCUT2D eigenvalue weighted by Crippen LogP contribution is 2.23. The van der Waals surface area contributed by atoms with Gasteiger partial charge in [0, 0.05) is 23.2 Å². The van der Waals surface area contributed by atoms with Crippen LogP contribution in [0, 0.1) is 5.92 Å². The van der Waals surface area contributed by atoms with Crippen LogP contribution in [0.2, 0.25) is 5.02 Å². The van der Waals surface area contributed by atoms with E-state index in [0.29, 0.717) is 23.0 Å². The van der Waals surface area contributed by atoms with E-state index in [1.54, 1.807) is 18.2 Å². The molecular weight excluding hydrogens is 318 g/mol. The van der Waals surface area contributed by atoms with Gasteiger partial charge in [0.15, 0.2) is 0 Å². The maximum absolute atomic E-state index is 11.9. The van der Waals surface area contributed by atoms with Crippen LogP contribution in [0.4, 0.5) is 0 Å². The van der Waals surface area contributed by atoms with E-state index in [1.165, 1.54) is 0 Å². The molecule has 1 unspecified atom stereocenters. The average molecular weight is 333 g/mol. The number of hydrogen-bond acceptors (Lipinski definition) is 2. The maximum Gasteiger partial charge on any atom is 0.251 e. The standard InChI is InChI=1S/C13H15BrClNO2/c14-11-6-10(3-4-12(11)15)13(17)16-7-9-2-1-5-18-8-9/h3-4,6,9H,1-2,5,7-8H2,(H,16,17). The summed E-state index contributed by atoms with van der Waals surface area (Å²) in [4.78, 5) is 11.9. The van der Waals surface area contributed by atoms with Crippen LogP contribution in [0.3, 0.4) is 0 Å². The van der Waals surface area contributed by atoms with Gasteiger partial charge >= 0.3 is 0 Å². The third-order valence-electron chi connectivity index (χ3n) is 2.99. The van der Waals surface area contributed by atoms with Crippen LogP contribution in [0.1, 0.15) is 23.2 Å². The van der Waals surface area contributed by atoms with E-state index < -0.39 is 0 Å². The van der Waals surface area contributed by atoms with Gasteiger partial charge in [0.2, 0.25) is 0 Å². The van der Waals surface area contributed by atoms with Crippen LogP contribution >= 0.6 is 27.5 Å². The molecule has 5 heteroatoms. The Morgan fingerprint density at radius 1 is 1.56 bits per heavy atom. The first-order valence-corrected chi connectivity index (χ1v) is 7.15. The summed E-state index contributed by atoms with van der Waals surface area (Å²) in [5.74, 6) is 0.358. The van der Waals surface area contributed by atoms with Gasteiger partial charge in [0.25, 0.3) is 5.91 Å². The molecular formula is C13H15BrClNO2. The lowest BCUT2D eigenvalue weighted by Gasteiger charge is -2.22. The van der Waals surface area contributed by atoms with Crippen molar-refractivity contribution in [2.24, 2.45) is 5.92 Å². The lowest BCUT2D eigenvalue weighted by atomic mass is 10.0. The number of carbonyl (C=O) groups excluding carboxylic acids is 1. The minimum absolute atomic E-state index is 0.0714. The Bertz CT molecular complexity index is 433. The fourth-order valence-electron chi connectivity index (χ4n) is 1.94. The zero-order valence-electron chi connectivity index (χ0n) is 9.92. The van der Waals surface area contributed by atoms with E-state index in [-0.39, 0.29) is 5.91 Å². The minimum atomic E-state index is -0.0714.